The molecule has 112 valence electrons. The van der Waals surface area contributed by atoms with Gasteiger partial charge in [0.2, 0.25) is 5.91 Å². The maximum atomic E-state index is 12.0. The molecule has 7 heteroatoms. The minimum absolute atomic E-state index is 0.107. The van der Waals surface area contributed by atoms with E-state index in [2.05, 4.69) is 10.3 Å². The quantitative estimate of drug-likeness (QED) is 0.900. The lowest BCUT2D eigenvalue weighted by Gasteiger charge is -2.29. The van der Waals surface area contributed by atoms with E-state index < -0.39 is 0 Å². The van der Waals surface area contributed by atoms with Gasteiger partial charge in [-0.25, -0.2) is 4.98 Å². The molecule has 0 radical (unpaired) electrons. The van der Waals surface area contributed by atoms with Crippen molar-refractivity contribution in [3.8, 4) is 11.5 Å². The summed E-state index contributed by atoms with van der Waals surface area (Å²) in [6.45, 7) is 1.69. The number of hydrogen-bond donors (Lipinski definition) is 2. The van der Waals surface area contributed by atoms with Crippen LogP contribution in [0.1, 0.15) is 12.8 Å². The van der Waals surface area contributed by atoms with Gasteiger partial charge in [0.1, 0.15) is 5.69 Å². The average molecular weight is 307 g/mol. The van der Waals surface area contributed by atoms with E-state index in [0.29, 0.717) is 23.1 Å². The molecule has 2 aromatic heterocycles. The summed E-state index contributed by atoms with van der Waals surface area (Å²) in [6.07, 6.45) is 3.01. The van der Waals surface area contributed by atoms with E-state index in [1.165, 1.54) is 11.3 Å². The standard InChI is InChI=1S/C14H17N3O3S/c18-10-3-1-5-17(7-10)8-13(19)16-14-15-11(9-21-14)12-4-2-6-20-12/h2,4,6,9-10,18H,1,3,5,7-8H2,(H,15,16,19). The summed E-state index contributed by atoms with van der Waals surface area (Å²) in [5, 5.41) is 14.8. The number of rotatable bonds is 4. The van der Waals surface area contributed by atoms with Crippen LogP contribution in [0.25, 0.3) is 11.5 Å². The molecule has 0 aromatic carbocycles. The molecular weight excluding hydrogens is 290 g/mol. The Morgan fingerprint density at radius 3 is 3.29 bits per heavy atom. The monoisotopic (exact) mass is 307 g/mol. The maximum Gasteiger partial charge on any atom is 0.240 e. The number of anilines is 1. The molecule has 1 amide bonds. The van der Waals surface area contributed by atoms with Gasteiger partial charge >= 0.3 is 0 Å². The van der Waals surface area contributed by atoms with Crippen LogP contribution in [0.4, 0.5) is 5.13 Å². The lowest BCUT2D eigenvalue weighted by molar-refractivity contribution is -0.118. The largest absolute Gasteiger partial charge is 0.463 e. The summed E-state index contributed by atoms with van der Waals surface area (Å²) >= 11 is 1.37. The van der Waals surface area contributed by atoms with Crippen molar-refractivity contribution in [2.75, 3.05) is 25.0 Å². The number of furan rings is 1. The Morgan fingerprint density at radius 2 is 2.52 bits per heavy atom. The lowest BCUT2D eigenvalue weighted by atomic mass is 10.1. The Hall–Kier alpha value is -1.70. The zero-order valence-corrected chi connectivity index (χ0v) is 12.3. The third kappa shape index (κ3) is 3.69. The van der Waals surface area contributed by atoms with Gasteiger partial charge in [-0.2, -0.15) is 0 Å². The summed E-state index contributed by atoms with van der Waals surface area (Å²) in [6, 6.07) is 3.63. The molecule has 1 atom stereocenters. The average Bonchev–Trinajstić information content (AvgIpc) is 3.08. The number of amides is 1. The van der Waals surface area contributed by atoms with E-state index in [1.54, 1.807) is 12.3 Å². The molecule has 0 aliphatic carbocycles. The van der Waals surface area contributed by atoms with Crippen molar-refractivity contribution in [2.45, 2.75) is 18.9 Å². The summed E-state index contributed by atoms with van der Waals surface area (Å²) in [7, 11) is 0. The molecule has 3 rings (SSSR count). The van der Waals surface area contributed by atoms with E-state index in [4.69, 9.17) is 4.42 Å². The second-order valence-electron chi connectivity index (χ2n) is 5.09. The minimum Gasteiger partial charge on any atom is -0.463 e. The molecule has 2 aromatic rings. The maximum absolute atomic E-state index is 12.0. The number of thiazole rings is 1. The SMILES string of the molecule is O=C(CN1CCCC(O)C1)Nc1nc(-c2ccco2)cs1. The molecule has 0 saturated carbocycles. The first-order chi connectivity index (χ1) is 10.2. The molecule has 1 aliphatic rings. The van der Waals surface area contributed by atoms with Gasteiger partial charge in [-0.3, -0.25) is 9.69 Å². The normalized spacial score (nSPS) is 19.6. The topological polar surface area (TPSA) is 78.6 Å². The fourth-order valence-corrected chi connectivity index (χ4v) is 3.12. The Balaban J connectivity index is 1.55. The number of piperidine rings is 1. The number of hydrogen-bond acceptors (Lipinski definition) is 6. The van der Waals surface area contributed by atoms with Crippen LogP contribution in [-0.2, 0) is 4.79 Å². The molecule has 3 heterocycles. The van der Waals surface area contributed by atoms with Gasteiger partial charge in [0.25, 0.3) is 0 Å². The number of β-amino-alcohol motifs (C(OH)–C–C–N with tert-alkyl or cyclic N) is 1. The highest BCUT2D eigenvalue weighted by Gasteiger charge is 2.20. The third-order valence-corrected chi connectivity index (χ3v) is 4.13. The van der Waals surface area contributed by atoms with Crippen LogP contribution in [0.5, 0.6) is 0 Å². The zero-order valence-electron chi connectivity index (χ0n) is 11.5. The van der Waals surface area contributed by atoms with Crippen molar-refractivity contribution in [3.63, 3.8) is 0 Å². The molecule has 6 nitrogen and oxygen atoms in total. The van der Waals surface area contributed by atoms with Crippen molar-refractivity contribution < 1.29 is 14.3 Å². The first-order valence-corrected chi connectivity index (χ1v) is 7.78. The third-order valence-electron chi connectivity index (χ3n) is 3.37. The van der Waals surface area contributed by atoms with E-state index in [0.717, 1.165) is 19.4 Å². The Bertz CT molecular complexity index is 596. The summed E-state index contributed by atoms with van der Waals surface area (Å²) < 4.78 is 5.27. The van der Waals surface area contributed by atoms with Crippen LogP contribution < -0.4 is 5.32 Å². The van der Waals surface area contributed by atoms with Crippen molar-refractivity contribution in [1.82, 2.24) is 9.88 Å². The Kier molecular flexibility index (Phi) is 4.33. The van der Waals surface area contributed by atoms with Gasteiger partial charge in [0.05, 0.1) is 18.9 Å². The Labute approximate surface area is 126 Å². The number of likely N-dealkylation sites (tertiary alicyclic amines) is 1. The molecule has 0 bridgehead atoms. The molecule has 1 unspecified atom stereocenters. The first-order valence-electron chi connectivity index (χ1n) is 6.90. The highest BCUT2D eigenvalue weighted by Crippen LogP contribution is 2.25. The molecule has 0 spiro atoms. The van der Waals surface area contributed by atoms with Crippen molar-refractivity contribution in [2.24, 2.45) is 0 Å². The number of carbonyl (C=O) groups is 1. The van der Waals surface area contributed by atoms with Gasteiger partial charge in [-0.1, -0.05) is 0 Å². The molecule has 2 N–H and O–H groups in total. The van der Waals surface area contributed by atoms with E-state index in [-0.39, 0.29) is 18.6 Å². The smallest absolute Gasteiger partial charge is 0.240 e. The van der Waals surface area contributed by atoms with Crippen LogP contribution in [0.2, 0.25) is 0 Å². The van der Waals surface area contributed by atoms with Gasteiger partial charge in [0.15, 0.2) is 10.9 Å². The first kappa shape index (κ1) is 14.2. The van der Waals surface area contributed by atoms with Gasteiger partial charge in [-0.05, 0) is 31.5 Å². The number of aliphatic hydroxyl groups is 1. The van der Waals surface area contributed by atoms with Crippen LogP contribution in [0.15, 0.2) is 28.2 Å². The van der Waals surface area contributed by atoms with Crippen molar-refractivity contribution in [3.05, 3.63) is 23.8 Å². The fourth-order valence-electron chi connectivity index (χ4n) is 2.41. The highest BCUT2D eigenvalue weighted by molar-refractivity contribution is 7.14. The van der Waals surface area contributed by atoms with Gasteiger partial charge in [-0.15, -0.1) is 11.3 Å². The molecule has 21 heavy (non-hydrogen) atoms. The molecule has 1 aliphatic heterocycles. The van der Waals surface area contributed by atoms with Crippen LogP contribution in [-0.4, -0.2) is 46.6 Å². The van der Waals surface area contributed by atoms with Crippen molar-refractivity contribution >= 4 is 22.4 Å². The number of nitrogens with zero attached hydrogens (tertiary/aromatic N) is 2. The lowest BCUT2D eigenvalue weighted by Crippen LogP contribution is -2.42. The molecule has 1 saturated heterocycles. The second kappa shape index (κ2) is 6.38. The molecule has 1 fully saturated rings. The predicted molar refractivity (Wildman–Crippen MR) is 80.1 cm³/mol. The van der Waals surface area contributed by atoms with Crippen molar-refractivity contribution in [1.29, 1.82) is 0 Å². The molecular formula is C14H17N3O3S. The Morgan fingerprint density at radius 1 is 1.62 bits per heavy atom. The summed E-state index contributed by atoms with van der Waals surface area (Å²) in [4.78, 5) is 18.3. The van der Waals surface area contributed by atoms with Gasteiger partial charge < -0.3 is 14.8 Å². The minimum atomic E-state index is -0.322. The van der Waals surface area contributed by atoms with E-state index >= 15 is 0 Å². The summed E-state index contributed by atoms with van der Waals surface area (Å²) in [5.74, 6) is 0.579. The van der Waals surface area contributed by atoms with Gasteiger partial charge in [0, 0.05) is 11.9 Å². The zero-order chi connectivity index (χ0) is 14.7. The summed E-state index contributed by atoms with van der Waals surface area (Å²) in [5.41, 5.74) is 0.716. The van der Waals surface area contributed by atoms with Crippen LogP contribution in [0.3, 0.4) is 0 Å². The number of nitrogens with one attached hydrogen (secondary N) is 1. The fraction of sp³-hybridized carbons (Fsp3) is 0.429. The van der Waals surface area contributed by atoms with E-state index in [9.17, 15) is 9.90 Å². The number of aromatic nitrogens is 1. The number of aliphatic hydroxyl groups excluding tert-OH is 1. The second-order valence-corrected chi connectivity index (χ2v) is 5.95. The van der Waals surface area contributed by atoms with Crippen LogP contribution >= 0.6 is 11.3 Å². The predicted octanol–water partition coefficient (Wildman–Crippen LogP) is 1.80. The van der Waals surface area contributed by atoms with Crippen LogP contribution in [0, 0.1) is 0 Å². The number of carbonyl (C=O) groups excluding carboxylic acids is 1. The van der Waals surface area contributed by atoms with E-state index in [1.807, 2.05) is 16.3 Å². The highest BCUT2D eigenvalue weighted by atomic mass is 32.1.